The molecule has 0 N–H and O–H groups in total. The van der Waals surface area contributed by atoms with Crippen molar-refractivity contribution in [3.8, 4) is 0 Å². The van der Waals surface area contributed by atoms with Gasteiger partial charge in [0.25, 0.3) is 0 Å². The molecule has 2 aromatic carbocycles. The lowest BCUT2D eigenvalue weighted by molar-refractivity contribution is 1.05. The van der Waals surface area contributed by atoms with Crippen LogP contribution in [0, 0.1) is 6.92 Å². The van der Waals surface area contributed by atoms with E-state index in [0.717, 1.165) is 5.54 Å². The van der Waals surface area contributed by atoms with Gasteiger partial charge in [-0.25, -0.2) is 0 Å². The quantitative estimate of drug-likeness (QED) is 0.706. The Balaban J connectivity index is 2.15. The molecule has 0 aromatic heterocycles. The first-order valence-corrected chi connectivity index (χ1v) is 7.39. The Morgan fingerprint density at radius 1 is 0.875 bits per heavy atom. The van der Waals surface area contributed by atoms with E-state index < -0.39 is 0 Å². The maximum atomic E-state index is 2.36. The van der Waals surface area contributed by atoms with Crippen molar-refractivity contribution in [3.63, 3.8) is 0 Å². The topological polar surface area (TPSA) is 0 Å². The highest BCUT2D eigenvalue weighted by molar-refractivity contribution is 6.54. The summed E-state index contributed by atoms with van der Waals surface area (Å²) in [6, 6.07) is 19.7. The van der Waals surface area contributed by atoms with Gasteiger partial charge in [0.05, 0.1) is 9.52 Å². The summed E-state index contributed by atoms with van der Waals surface area (Å²) >= 11 is 0. The third kappa shape index (κ3) is 2.61. The molecule has 0 radical (unpaired) electrons. The van der Waals surface area contributed by atoms with Gasteiger partial charge in [-0.3, -0.25) is 0 Å². The van der Waals surface area contributed by atoms with Crippen molar-refractivity contribution in [2.75, 3.05) is 0 Å². The van der Waals surface area contributed by atoms with Gasteiger partial charge < -0.3 is 0 Å². The molecule has 1 heteroatoms. The zero-order valence-electron chi connectivity index (χ0n) is 9.98. The molecule has 1 unspecified atom stereocenters. The lowest BCUT2D eigenvalue weighted by Gasteiger charge is -2.13. The summed E-state index contributed by atoms with van der Waals surface area (Å²) in [5.41, 5.74) is 3.68. The van der Waals surface area contributed by atoms with Gasteiger partial charge in [-0.05, 0) is 23.6 Å². The van der Waals surface area contributed by atoms with E-state index in [0.29, 0.717) is 0 Å². The van der Waals surface area contributed by atoms with Crippen LogP contribution in [0.1, 0.15) is 23.6 Å². The molecule has 1 atom stereocenters. The first-order chi connectivity index (χ1) is 7.77. The van der Waals surface area contributed by atoms with Crippen LogP contribution in [0.5, 0.6) is 0 Å². The predicted octanol–water partition coefficient (Wildman–Crippen LogP) is 2.55. The molecule has 0 bridgehead atoms. The molecular weight excluding hydrogens is 208 g/mol. The van der Waals surface area contributed by atoms with Gasteiger partial charge in [-0.1, -0.05) is 66.7 Å². The molecule has 0 heterocycles. The van der Waals surface area contributed by atoms with Crippen molar-refractivity contribution < 1.29 is 0 Å². The van der Waals surface area contributed by atoms with Crippen LogP contribution in [0.4, 0.5) is 0 Å². The molecule has 0 nitrogen and oxygen atoms in total. The molecular formula is C15H18Si. The average Bonchev–Trinajstić information content (AvgIpc) is 2.31. The van der Waals surface area contributed by atoms with Gasteiger partial charge in [0.2, 0.25) is 0 Å². The van der Waals surface area contributed by atoms with E-state index in [1.54, 1.807) is 5.19 Å². The number of benzene rings is 2. The van der Waals surface area contributed by atoms with E-state index in [1.807, 2.05) is 0 Å². The van der Waals surface area contributed by atoms with Gasteiger partial charge in [-0.15, -0.1) is 0 Å². The lowest BCUT2D eigenvalue weighted by atomic mass is 10.1. The van der Waals surface area contributed by atoms with E-state index in [1.165, 1.54) is 11.1 Å². The third-order valence-electron chi connectivity index (χ3n) is 3.10. The normalized spacial score (nSPS) is 13.1. The molecule has 0 fully saturated rings. The van der Waals surface area contributed by atoms with E-state index in [4.69, 9.17) is 0 Å². The monoisotopic (exact) mass is 226 g/mol. The maximum absolute atomic E-state index is 2.36. The van der Waals surface area contributed by atoms with Crippen LogP contribution in [0.25, 0.3) is 0 Å². The fraction of sp³-hybridized carbons (Fsp3) is 0.200. The highest BCUT2D eigenvalue weighted by Crippen LogP contribution is 2.17. The van der Waals surface area contributed by atoms with Crippen LogP contribution in [0.3, 0.4) is 0 Å². The Morgan fingerprint density at radius 3 is 2.19 bits per heavy atom. The van der Waals surface area contributed by atoms with Crippen molar-refractivity contribution in [2.24, 2.45) is 0 Å². The zero-order chi connectivity index (χ0) is 11.4. The molecule has 2 rings (SSSR count). The standard InChI is InChI=1S/C15H18Si/c1-12-8-6-7-11-15(12)13(2)16-14-9-4-3-5-10-14/h3-11,13H,16H2,1-2H3. The molecule has 16 heavy (non-hydrogen) atoms. The van der Waals surface area contributed by atoms with Crippen molar-refractivity contribution >= 4 is 14.7 Å². The molecule has 2 aromatic rings. The fourth-order valence-corrected chi connectivity index (χ4v) is 4.15. The van der Waals surface area contributed by atoms with Crippen LogP contribution in [-0.4, -0.2) is 9.52 Å². The minimum Gasteiger partial charge on any atom is -0.0663 e. The van der Waals surface area contributed by atoms with Crippen LogP contribution in [0.15, 0.2) is 54.6 Å². The second-order valence-electron chi connectivity index (χ2n) is 4.45. The van der Waals surface area contributed by atoms with Crippen molar-refractivity contribution in [1.82, 2.24) is 0 Å². The minimum absolute atomic E-state index is 0.207. The summed E-state index contributed by atoms with van der Waals surface area (Å²) in [5, 5.41) is 1.55. The molecule has 82 valence electrons. The summed E-state index contributed by atoms with van der Waals surface area (Å²) in [5.74, 6) is 0. The molecule has 0 aliphatic rings. The van der Waals surface area contributed by atoms with Gasteiger partial charge in [-0.2, -0.15) is 0 Å². The lowest BCUT2D eigenvalue weighted by Crippen LogP contribution is -2.20. The average molecular weight is 226 g/mol. The predicted molar refractivity (Wildman–Crippen MR) is 74.2 cm³/mol. The van der Waals surface area contributed by atoms with Crippen molar-refractivity contribution in [3.05, 3.63) is 65.7 Å². The summed E-state index contributed by atoms with van der Waals surface area (Å²) < 4.78 is 0. The van der Waals surface area contributed by atoms with Gasteiger partial charge in [0.1, 0.15) is 0 Å². The molecule has 0 spiro atoms. The fourth-order valence-electron chi connectivity index (χ4n) is 2.22. The number of hydrogen-bond acceptors (Lipinski definition) is 0. The van der Waals surface area contributed by atoms with Crippen LogP contribution < -0.4 is 5.19 Å². The number of aryl methyl sites for hydroxylation is 1. The SMILES string of the molecule is Cc1ccccc1C(C)[SiH2]c1ccccc1. The van der Waals surface area contributed by atoms with Gasteiger partial charge in [0.15, 0.2) is 0 Å². The first-order valence-electron chi connectivity index (χ1n) is 5.87. The maximum Gasteiger partial charge on any atom is 0.0621 e. The molecule has 0 saturated carbocycles. The second-order valence-corrected chi connectivity index (χ2v) is 6.90. The summed E-state index contributed by atoms with van der Waals surface area (Å²) in [7, 11) is -0.207. The minimum atomic E-state index is -0.207. The zero-order valence-corrected chi connectivity index (χ0v) is 11.4. The molecule has 0 amide bonds. The third-order valence-corrected chi connectivity index (χ3v) is 5.10. The largest absolute Gasteiger partial charge is 0.0663 e. The Bertz CT molecular complexity index is 448. The van der Waals surface area contributed by atoms with Crippen LogP contribution >= 0.6 is 0 Å². The smallest absolute Gasteiger partial charge is 0.0621 e. The van der Waals surface area contributed by atoms with Crippen molar-refractivity contribution in [2.45, 2.75) is 19.4 Å². The molecule has 0 saturated heterocycles. The van der Waals surface area contributed by atoms with Gasteiger partial charge in [0, 0.05) is 0 Å². The molecule has 0 aliphatic carbocycles. The Labute approximate surface area is 100 Å². The van der Waals surface area contributed by atoms with Crippen LogP contribution in [-0.2, 0) is 0 Å². The number of hydrogen-bond donors (Lipinski definition) is 0. The molecule has 0 aliphatic heterocycles. The van der Waals surface area contributed by atoms with Crippen molar-refractivity contribution in [1.29, 1.82) is 0 Å². The highest BCUT2D eigenvalue weighted by atomic mass is 28.2. The second kappa shape index (κ2) is 5.13. The van der Waals surface area contributed by atoms with Crippen LogP contribution in [0.2, 0.25) is 0 Å². The van der Waals surface area contributed by atoms with Gasteiger partial charge >= 0.3 is 0 Å². The van der Waals surface area contributed by atoms with E-state index in [2.05, 4.69) is 68.4 Å². The highest BCUT2D eigenvalue weighted by Gasteiger charge is 2.08. The summed E-state index contributed by atoms with van der Waals surface area (Å²) in [6.07, 6.45) is 0. The summed E-state index contributed by atoms with van der Waals surface area (Å²) in [6.45, 7) is 4.58. The summed E-state index contributed by atoms with van der Waals surface area (Å²) in [4.78, 5) is 0. The first kappa shape index (κ1) is 11.2. The Kier molecular flexibility index (Phi) is 3.57. The van der Waals surface area contributed by atoms with E-state index in [-0.39, 0.29) is 9.52 Å². The number of rotatable bonds is 3. The van der Waals surface area contributed by atoms with E-state index >= 15 is 0 Å². The van der Waals surface area contributed by atoms with E-state index in [9.17, 15) is 0 Å². The Morgan fingerprint density at radius 2 is 1.50 bits per heavy atom. The Hall–Kier alpha value is -1.34.